The Balaban J connectivity index is 2.53. The maximum absolute atomic E-state index is 9.14. The Hall–Kier alpha value is -0.610. The Morgan fingerprint density at radius 1 is 1.33 bits per heavy atom. The molecule has 0 saturated carbocycles. The molecule has 15 heavy (non-hydrogen) atoms. The first-order valence-electron chi connectivity index (χ1n) is 4.22. The molecule has 0 radical (unpaired) electrons. The van der Waals surface area contributed by atoms with E-state index in [1.807, 2.05) is 12.1 Å². The molecular weight excluding hydrogens is 253 g/mol. The van der Waals surface area contributed by atoms with E-state index in [1.54, 1.807) is 12.1 Å². The fourth-order valence-corrected chi connectivity index (χ4v) is 2.51. The third kappa shape index (κ3) is 2.32. The zero-order valence-corrected chi connectivity index (χ0v) is 9.90. The lowest BCUT2D eigenvalue weighted by molar-refractivity contribution is 0.286. The highest BCUT2D eigenvalue weighted by Crippen LogP contribution is 2.31. The number of rotatable bonds is 2. The maximum atomic E-state index is 9.14. The minimum Gasteiger partial charge on any atom is -0.391 e. The van der Waals surface area contributed by atoms with Crippen molar-refractivity contribution < 1.29 is 5.11 Å². The monoisotopic (exact) mass is 259 g/mol. The van der Waals surface area contributed by atoms with E-state index in [1.165, 1.54) is 11.3 Å². The van der Waals surface area contributed by atoms with Gasteiger partial charge >= 0.3 is 0 Å². The fraction of sp³-hybridized carbons (Fsp3) is 0.100. The Labute approximate surface area is 101 Å². The van der Waals surface area contributed by atoms with Crippen LogP contribution in [0.25, 0.3) is 11.3 Å². The number of aliphatic hydroxyl groups excluding tert-OH is 1. The van der Waals surface area contributed by atoms with E-state index in [4.69, 9.17) is 28.3 Å². The summed E-state index contributed by atoms with van der Waals surface area (Å²) in [5.41, 5.74) is 1.57. The summed E-state index contributed by atoms with van der Waals surface area (Å²) in [4.78, 5) is 4.91. The van der Waals surface area contributed by atoms with Gasteiger partial charge in [0.2, 0.25) is 0 Å². The van der Waals surface area contributed by atoms with Crippen molar-refractivity contribution in [3.05, 3.63) is 38.6 Å². The Morgan fingerprint density at radius 2 is 2.13 bits per heavy atom. The molecule has 2 rings (SSSR count). The molecule has 1 aromatic heterocycles. The first-order chi connectivity index (χ1) is 7.20. The molecule has 0 aliphatic carbocycles. The van der Waals surface area contributed by atoms with Crippen molar-refractivity contribution >= 4 is 34.5 Å². The van der Waals surface area contributed by atoms with Crippen LogP contribution in [0, 0.1) is 0 Å². The van der Waals surface area contributed by atoms with Crippen LogP contribution in [0.4, 0.5) is 0 Å². The number of hydrogen-bond acceptors (Lipinski definition) is 3. The van der Waals surface area contributed by atoms with E-state index in [-0.39, 0.29) is 6.61 Å². The Bertz CT molecular complexity index is 484. The summed E-state index contributed by atoms with van der Waals surface area (Å²) in [5, 5.41) is 9.78. The second kappa shape index (κ2) is 4.49. The molecule has 1 N–H and O–H groups in total. The summed E-state index contributed by atoms with van der Waals surface area (Å²) in [6.07, 6.45) is 0. The van der Waals surface area contributed by atoms with E-state index in [0.717, 1.165) is 10.4 Å². The van der Waals surface area contributed by atoms with Crippen LogP contribution in [0.15, 0.2) is 24.3 Å². The number of aromatic nitrogens is 1. The smallest absolute Gasteiger partial charge is 0.184 e. The molecule has 1 aromatic carbocycles. The van der Waals surface area contributed by atoms with Gasteiger partial charge in [0.15, 0.2) is 4.47 Å². The average molecular weight is 260 g/mol. The summed E-state index contributed by atoms with van der Waals surface area (Å²) in [7, 11) is 0. The third-order valence-corrected chi connectivity index (χ3v) is 3.29. The lowest BCUT2D eigenvalue weighted by atomic mass is 10.1. The van der Waals surface area contributed by atoms with Gasteiger partial charge in [-0.05, 0) is 12.1 Å². The molecule has 0 bridgehead atoms. The lowest BCUT2D eigenvalue weighted by Crippen LogP contribution is -1.84. The average Bonchev–Trinajstić information content (AvgIpc) is 2.59. The second-order valence-electron chi connectivity index (χ2n) is 2.91. The summed E-state index contributed by atoms with van der Waals surface area (Å²) in [5.74, 6) is 0. The summed E-state index contributed by atoms with van der Waals surface area (Å²) in [6.45, 7) is -0.0633. The van der Waals surface area contributed by atoms with Gasteiger partial charge in [-0.25, -0.2) is 4.98 Å². The van der Waals surface area contributed by atoms with Gasteiger partial charge in [-0.3, -0.25) is 0 Å². The van der Waals surface area contributed by atoms with Crippen LogP contribution in [-0.4, -0.2) is 10.1 Å². The molecule has 0 amide bonds. The Morgan fingerprint density at radius 3 is 2.80 bits per heavy atom. The molecule has 2 nitrogen and oxygen atoms in total. The molecule has 78 valence electrons. The predicted octanol–water partition coefficient (Wildman–Crippen LogP) is 3.61. The first kappa shape index (κ1) is 10.9. The van der Waals surface area contributed by atoms with Gasteiger partial charge in [0, 0.05) is 10.6 Å². The highest BCUT2D eigenvalue weighted by molar-refractivity contribution is 7.16. The van der Waals surface area contributed by atoms with E-state index in [9.17, 15) is 0 Å². The molecular formula is C10H7Cl2NOS. The van der Waals surface area contributed by atoms with Crippen LogP contribution < -0.4 is 0 Å². The molecule has 0 aliphatic rings. The van der Waals surface area contributed by atoms with Gasteiger partial charge in [-0.2, -0.15) is 0 Å². The topological polar surface area (TPSA) is 33.1 Å². The Kier molecular flexibility index (Phi) is 3.26. The highest BCUT2D eigenvalue weighted by Gasteiger charge is 2.11. The minimum atomic E-state index is -0.0633. The van der Waals surface area contributed by atoms with Gasteiger partial charge in [0.25, 0.3) is 0 Å². The van der Waals surface area contributed by atoms with E-state index < -0.39 is 0 Å². The van der Waals surface area contributed by atoms with Crippen molar-refractivity contribution in [2.45, 2.75) is 6.61 Å². The molecule has 0 saturated heterocycles. The lowest BCUT2D eigenvalue weighted by Gasteiger charge is -1.99. The number of halogens is 2. The van der Waals surface area contributed by atoms with Crippen molar-refractivity contribution in [2.75, 3.05) is 0 Å². The molecule has 0 atom stereocenters. The van der Waals surface area contributed by atoms with Crippen LogP contribution in [0.3, 0.4) is 0 Å². The molecule has 1 heterocycles. The zero-order valence-electron chi connectivity index (χ0n) is 7.58. The molecule has 0 spiro atoms. The SMILES string of the molecule is OCc1sc(Cl)nc1-c1cccc(Cl)c1. The van der Waals surface area contributed by atoms with E-state index in [0.29, 0.717) is 15.2 Å². The standard InChI is InChI=1S/C10H7Cl2NOS/c11-7-3-1-2-6(4-7)9-8(5-14)15-10(12)13-9/h1-4,14H,5H2. The number of aliphatic hydroxyl groups is 1. The number of benzene rings is 1. The van der Waals surface area contributed by atoms with Gasteiger partial charge in [-0.1, -0.05) is 35.3 Å². The van der Waals surface area contributed by atoms with Crippen LogP contribution in [0.2, 0.25) is 9.49 Å². The summed E-state index contributed by atoms with van der Waals surface area (Å²) in [6, 6.07) is 7.31. The second-order valence-corrected chi connectivity index (χ2v) is 5.01. The van der Waals surface area contributed by atoms with Gasteiger partial charge in [0.1, 0.15) is 0 Å². The van der Waals surface area contributed by atoms with Gasteiger partial charge in [0.05, 0.1) is 17.2 Å². The molecule has 5 heteroatoms. The molecule has 0 fully saturated rings. The van der Waals surface area contributed by atoms with Crippen molar-refractivity contribution in [2.24, 2.45) is 0 Å². The maximum Gasteiger partial charge on any atom is 0.184 e. The summed E-state index contributed by atoms with van der Waals surface area (Å²) < 4.78 is 0.425. The van der Waals surface area contributed by atoms with Crippen molar-refractivity contribution in [3.8, 4) is 11.3 Å². The molecule has 0 aliphatic heterocycles. The van der Waals surface area contributed by atoms with Crippen molar-refractivity contribution in [1.29, 1.82) is 0 Å². The quantitative estimate of drug-likeness (QED) is 0.894. The normalized spacial score (nSPS) is 10.6. The van der Waals surface area contributed by atoms with Crippen LogP contribution in [0.5, 0.6) is 0 Å². The minimum absolute atomic E-state index is 0.0633. The number of nitrogens with zero attached hydrogens (tertiary/aromatic N) is 1. The van der Waals surface area contributed by atoms with Gasteiger partial charge < -0.3 is 5.11 Å². The first-order valence-corrected chi connectivity index (χ1v) is 5.80. The third-order valence-electron chi connectivity index (χ3n) is 1.91. The van der Waals surface area contributed by atoms with Crippen LogP contribution in [-0.2, 0) is 6.61 Å². The highest BCUT2D eigenvalue weighted by atomic mass is 35.5. The largest absolute Gasteiger partial charge is 0.391 e. The summed E-state index contributed by atoms with van der Waals surface area (Å²) >= 11 is 13.0. The number of thiazole rings is 1. The van der Waals surface area contributed by atoms with Crippen LogP contribution >= 0.6 is 34.5 Å². The van der Waals surface area contributed by atoms with E-state index >= 15 is 0 Å². The number of hydrogen-bond donors (Lipinski definition) is 1. The van der Waals surface area contributed by atoms with E-state index in [2.05, 4.69) is 4.98 Å². The van der Waals surface area contributed by atoms with Crippen LogP contribution in [0.1, 0.15) is 4.88 Å². The molecule has 2 aromatic rings. The predicted molar refractivity (Wildman–Crippen MR) is 63.5 cm³/mol. The fourth-order valence-electron chi connectivity index (χ4n) is 1.29. The van der Waals surface area contributed by atoms with Gasteiger partial charge in [-0.15, -0.1) is 11.3 Å². The van der Waals surface area contributed by atoms with Crippen molar-refractivity contribution in [3.63, 3.8) is 0 Å². The van der Waals surface area contributed by atoms with Crippen molar-refractivity contribution in [1.82, 2.24) is 4.98 Å². The zero-order chi connectivity index (χ0) is 10.8. The molecule has 0 unspecified atom stereocenters.